The average molecular weight is 199 g/mol. The second-order valence-electron chi connectivity index (χ2n) is 3.53. The molecular weight excluding hydrogens is 182 g/mol. The van der Waals surface area contributed by atoms with E-state index in [4.69, 9.17) is 0 Å². The van der Waals surface area contributed by atoms with Crippen LogP contribution < -0.4 is 0 Å². The Labute approximate surface area is 84.2 Å². The molecule has 4 nitrogen and oxygen atoms in total. The van der Waals surface area contributed by atoms with E-state index in [0.29, 0.717) is 13.0 Å². The van der Waals surface area contributed by atoms with E-state index in [-0.39, 0.29) is 5.97 Å². The first kappa shape index (κ1) is 11.2. The molecule has 1 heterocycles. The highest BCUT2D eigenvalue weighted by atomic mass is 16.5. The molecule has 1 rings (SSSR count). The van der Waals surface area contributed by atoms with E-state index < -0.39 is 12.0 Å². The number of likely N-dealkylation sites (tertiary alicyclic amines) is 1. The molecule has 0 aromatic heterocycles. The van der Waals surface area contributed by atoms with E-state index in [2.05, 4.69) is 16.2 Å². The third-order valence-electron chi connectivity index (χ3n) is 2.55. The van der Waals surface area contributed by atoms with Crippen molar-refractivity contribution in [3.63, 3.8) is 0 Å². The number of esters is 1. The number of rotatable bonds is 3. The van der Waals surface area contributed by atoms with Crippen LogP contribution >= 0.6 is 0 Å². The van der Waals surface area contributed by atoms with Gasteiger partial charge in [0.25, 0.3) is 0 Å². The van der Waals surface area contributed by atoms with Gasteiger partial charge in [0.2, 0.25) is 0 Å². The van der Waals surface area contributed by atoms with Gasteiger partial charge in [-0.25, -0.2) is 0 Å². The fourth-order valence-electron chi connectivity index (χ4n) is 1.74. The molecule has 1 aliphatic rings. The molecule has 0 unspecified atom stereocenters. The van der Waals surface area contributed by atoms with E-state index in [1.807, 2.05) is 0 Å². The zero-order valence-electron chi connectivity index (χ0n) is 8.48. The lowest BCUT2D eigenvalue weighted by Crippen LogP contribution is -2.46. The van der Waals surface area contributed by atoms with Gasteiger partial charge < -0.3 is 9.84 Å². The number of methoxy groups -OCH3 is 1. The minimum atomic E-state index is -0.566. The molecule has 2 atom stereocenters. The second kappa shape index (κ2) is 5.12. The van der Waals surface area contributed by atoms with Crippen molar-refractivity contribution >= 4 is 5.97 Å². The Morgan fingerprint density at radius 2 is 2.50 bits per heavy atom. The summed E-state index contributed by atoms with van der Waals surface area (Å²) >= 11 is 0. The number of carbonyl (C=O) groups is 1. The topological polar surface area (TPSA) is 49.8 Å². The van der Waals surface area contributed by atoms with Gasteiger partial charge in [-0.05, 0) is 6.42 Å². The van der Waals surface area contributed by atoms with Crippen LogP contribution in [0.5, 0.6) is 0 Å². The molecule has 0 radical (unpaired) electrons. The fraction of sp³-hybridized carbons (Fsp3) is 0.700. The normalized spacial score (nSPS) is 28.4. The lowest BCUT2D eigenvalue weighted by molar-refractivity contribution is -0.152. The summed E-state index contributed by atoms with van der Waals surface area (Å²) in [5.74, 6) is -0.736. The predicted octanol–water partition coefficient (Wildman–Crippen LogP) is 0.0282. The number of hydrogen-bond donors (Lipinski definition) is 1. The van der Waals surface area contributed by atoms with Gasteiger partial charge >= 0.3 is 5.97 Å². The zero-order chi connectivity index (χ0) is 10.6. The highest BCUT2D eigenvalue weighted by Gasteiger charge is 2.33. The molecule has 0 spiro atoms. The number of aliphatic hydroxyl groups is 1. The summed E-state index contributed by atoms with van der Waals surface area (Å²) in [6, 6.07) is 0. The standard InChI is InChI=1S/C10H17NO3/c1-3-5-11-6-4-9(12)8(7-11)10(13)14-2/h3,8-9,12H,1,4-7H2,2H3/t8-,9-/m0/s1. The minimum absolute atomic E-state index is 0.328. The van der Waals surface area contributed by atoms with Gasteiger partial charge in [-0.2, -0.15) is 0 Å². The van der Waals surface area contributed by atoms with Crippen molar-refractivity contribution in [3.05, 3.63) is 12.7 Å². The Morgan fingerprint density at radius 3 is 3.07 bits per heavy atom. The lowest BCUT2D eigenvalue weighted by atomic mass is 9.95. The molecule has 80 valence electrons. The van der Waals surface area contributed by atoms with Crippen molar-refractivity contribution in [1.82, 2.24) is 4.90 Å². The maximum absolute atomic E-state index is 11.3. The van der Waals surface area contributed by atoms with Crippen LogP contribution in [0.3, 0.4) is 0 Å². The number of hydrogen-bond acceptors (Lipinski definition) is 4. The van der Waals surface area contributed by atoms with Crippen LogP contribution in [0.25, 0.3) is 0 Å². The molecule has 1 saturated heterocycles. The second-order valence-corrected chi connectivity index (χ2v) is 3.53. The van der Waals surface area contributed by atoms with Crippen LogP contribution in [0, 0.1) is 5.92 Å². The van der Waals surface area contributed by atoms with Crippen molar-refractivity contribution in [2.24, 2.45) is 5.92 Å². The first-order valence-corrected chi connectivity index (χ1v) is 4.78. The highest BCUT2D eigenvalue weighted by Crippen LogP contribution is 2.18. The summed E-state index contributed by atoms with van der Waals surface area (Å²) in [7, 11) is 1.35. The van der Waals surface area contributed by atoms with Gasteiger partial charge in [0.1, 0.15) is 0 Å². The first-order chi connectivity index (χ1) is 6.69. The quantitative estimate of drug-likeness (QED) is 0.514. The molecule has 0 aliphatic carbocycles. The van der Waals surface area contributed by atoms with Crippen LogP contribution in [0.4, 0.5) is 0 Å². The van der Waals surface area contributed by atoms with Crippen LogP contribution in [-0.2, 0) is 9.53 Å². The summed E-state index contributed by atoms with van der Waals surface area (Å²) in [6.07, 6.45) is 1.85. The van der Waals surface area contributed by atoms with Crippen molar-refractivity contribution in [3.8, 4) is 0 Å². The summed E-state index contributed by atoms with van der Waals surface area (Å²) in [6.45, 7) is 5.76. The molecule has 0 amide bonds. The van der Waals surface area contributed by atoms with E-state index in [9.17, 15) is 9.90 Å². The van der Waals surface area contributed by atoms with Crippen LogP contribution in [0.2, 0.25) is 0 Å². The van der Waals surface area contributed by atoms with Crippen LogP contribution in [0.1, 0.15) is 6.42 Å². The minimum Gasteiger partial charge on any atom is -0.469 e. The van der Waals surface area contributed by atoms with Crippen molar-refractivity contribution in [1.29, 1.82) is 0 Å². The lowest BCUT2D eigenvalue weighted by Gasteiger charge is -2.33. The maximum atomic E-state index is 11.3. The SMILES string of the molecule is C=CCN1CC[C@H](O)[C@@H](C(=O)OC)C1. The molecular formula is C10H17NO3. The Balaban J connectivity index is 2.54. The van der Waals surface area contributed by atoms with E-state index in [1.54, 1.807) is 6.08 Å². The van der Waals surface area contributed by atoms with Gasteiger partial charge in [-0.1, -0.05) is 6.08 Å². The molecule has 0 saturated carbocycles. The number of aliphatic hydroxyl groups excluding tert-OH is 1. The number of ether oxygens (including phenoxy) is 1. The monoisotopic (exact) mass is 199 g/mol. The molecule has 0 aromatic carbocycles. The Kier molecular flexibility index (Phi) is 4.10. The third kappa shape index (κ3) is 2.56. The van der Waals surface area contributed by atoms with E-state index >= 15 is 0 Å². The predicted molar refractivity (Wildman–Crippen MR) is 52.8 cm³/mol. The smallest absolute Gasteiger partial charge is 0.312 e. The van der Waals surface area contributed by atoms with E-state index in [0.717, 1.165) is 13.1 Å². The van der Waals surface area contributed by atoms with Gasteiger partial charge in [-0.3, -0.25) is 9.69 Å². The molecule has 4 heteroatoms. The number of piperidine rings is 1. The average Bonchev–Trinajstić information content (AvgIpc) is 2.20. The van der Waals surface area contributed by atoms with Gasteiger partial charge in [0.15, 0.2) is 0 Å². The van der Waals surface area contributed by atoms with Gasteiger partial charge in [0, 0.05) is 19.6 Å². The van der Waals surface area contributed by atoms with Gasteiger partial charge in [0.05, 0.1) is 19.1 Å². The Bertz CT molecular complexity index is 217. The molecule has 1 N–H and O–H groups in total. The van der Waals surface area contributed by atoms with Crippen molar-refractivity contribution in [2.45, 2.75) is 12.5 Å². The molecule has 1 fully saturated rings. The maximum Gasteiger partial charge on any atom is 0.312 e. The molecule has 14 heavy (non-hydrogen) atoms. The largest absolute Gasteiger partial charge is 0.469 e. The highest BCUT2D eigenvalue weighted by molar-refractivity contribution is 5.73. The van der Waals surface area contributed by atoms with Crippen molar-refractivity contribution < 1.29 is 14.6 Å². The summed E-state index contributed by atoms with van der Waals surface area (Å²) in [4.78, 5) is 13.4. The number of carbonyl (C=O) groups excluding carboxylic acids is 1. The van der Waals surface area contributed by atoms with E-state index in [1.165, 1.54) is 7.11 Å². The summed E-state index contributed by atoms with van der Waals surface area (Å²) < 4.78 is 4.64. The van der Waals surface area contributed by atoms with Crippen LogP contribution in [0.15, 0.2) is 12.7 Å². The Hall–Kier alpha value is -0.870. The zero-order valence-corrected chi connectivity index (χ0v) is 8.48. The molecule has 0 bridgehead atoms. The first-order valence-electron chi connectivity index (χ1n) is 4.78. The third-order valence-corrected chi connectivity index (χ3v) is 2.55. The fourth-order valence-corrected chi connectivity index (χ4v) is 1.74. The summed E-state index contributed by atoms with van der Waals surface area (Å²) in [5, 5.41) is 9.60. The van der Waals surface area contributed by atoms with Gasteiger partial charge in [-0.15, -0.1) is 6.58 Å². The van der Waals surface area contributed by atoms with Crippen molar-refractivity contribution in [2.75, 3.05) is 26.7 Å². The summed E-state index contributed by atoms with van der Waals surface area (Å²) in [5.41, 5.74) is 0. The van der Waals surface area contributed by atoms with Crippen LogP contribution in [-0.4, -0.2) is 48.8 Å². The molecule has 0 aromatic rings. The Morgan fingerprint density at radius 1 is 1.79 bits per heavy atom. The molecule has 1 aliphatic heterocycles. The number of nitrogens with zero attached hydrogens (tertiary/aromatic N) is 1.